The summed E-state index contributed by atoms with van der Waals surface area (Å²) in [6, 6.07) is 0. The molecule has 0 radical (unpaired) electrons. The molecule has 1 atom stereocenters. The summed E-state index contributed by atoms with van der Waals surface area (Å²) < 4.78 is 0. The first kappa shape index (κ1) is 12.7. The summed E-state index contributed by atoms with van der Waals surface area (Å²) in [5.74, 6) is 0. The summed E-state index contributed by atoms with van der Waals surface area (Å²) >= 11 is 0. The molecule has 5 nitrogen and oxygen atoms in total. The number of nitrogens with one attached hydrogen (secondary N) is 2. The van der Waals surface area contributed by atoms with Crippen molar-refractivity contribution in [3.8, 4) is 0 Å². The van der Waals surface area contributed by atoms with Gasteiger partial charge in [0, 0.05) is 12.2 Å². The third-order valence-electron chi connectivity index (χ3n) is 1.31. The Balaban J connectivity index is 3.45. The highest BCUT2D eigenvalue weighted by molar-refractivity contribution is 5.16. The highest BCUT2D eigenvalue weighted by atomic mass is 16.3. The van der Waals surface area contributed by atoms with Gasteiger partial charge in [0.1, 0.15) is 6.23 Å². The molecule has 14 heavy (non-hydrogen) atoms. The SMILES string of the molecule is C=C(/C=C\C=C/N)NCNCC(N)O. The number of rotatable bonds is 7. The van der Waals surface area contributed by atoms with Crippen LogP contribution in [-0.4, -0.2) is 24.5 Å². The molecule has 0 bridgehead atoms. The van der Waals surface area contributed by atoms with Crippen molar-refractivity contribution in [3.05, 3.63) is 36.7 Å². The van der Waals surface area contributed by atoms with E-state index in [0.29, 0.717) is 13.2 Å². The van der Waals surface area contributed by atoms with Gasteiger partial charge in [0.15, 0.2) is 0 Å². The minimum Gasteiger partial charge on any atom is -0.405 e. The molecule has 0 aromatic heterocycles. The molecule has 0 aliphatic carbocycles. The predicted octanol–water partition coefficient (Wildman–Crippen LogP) is -1.06. The number of aliphatic hydroxyl groups excluding tert-OH is 1. The van der Waals surface area contributed by atoms with Crippen LogP contribution in [0.4, 0.5) is 0 Å². The molecule has 0 spiro atoms. The van der Waals surface area contributed by atoms with Gasteiger partial charge in [-0.1, -0.05) is 12.7 Å². The molecule has 0 saturated heterocycles. The van der Waals surface area contributed by atoms with Gasteiger partial charge in [-0.15, -0.1) is 0 Å². The van der Waals surface area contributed by atoms with Crippen LogP contribution < -0.4 is 22.1 Å². The number of allylic oxidation sites excluding steroid dienone is 3. The summed E-state index contributed by atoms with van der Waals surface area (Å²) in [4.78, 5) is 0. The molecule has 80 valence electrons. The Morgan fingerprint density at radius 1 is 1.50 bits per heavy atom. The third kappa shape index (κ3) is 8.79. The third-order valence-corrected chi connectivity index (χ3v) is 1.31. The lowest BCUT2D eigenvalue weighted by Crippen LogP contribution is -2.37. The Morgan fingerprint density at radius 3 is 2.79 bits per heavy atom. The van der Waals surface area contributed by atoms with E-state index in [9.17, 15) is 0 Å². The Labute approximate surface area is 84.2 Å². The number of hydrogen-bond acceptors (Lipinski definition) is 5. The number of aliphatic hydroxyl groups is 1. The summed E-state index contributed by atoms with van der Waals surface area (Å²) in [6.07, 6.45) is 5.86. The highest BCUT2D eigenvalue weighted by Gasteiger charge is 1.92. The first-order valence-corrected chi connectivity index (χ1v) is 4.29. The Bertz CT molecular complexity index is 211. The van der Waals surface area contributed by atoms with Crippen LogP contribution in [0.2, 0.25) is 0 Å². The fraction of sp³-hybridized carbons (Fsp3) is 0.333. The molecule has 7 N–H and O–H groups in total. The zero-order chi connectivity index (χ0) is 10.8. The maximum atomic E-state index is 8.72. The Kier molecular flexibility index (Phi) is 7.53. The molecule has 5 heteroatoms. The fourth-order valence-corrected chi connectivity index (χ4v) is 0.691. The topological polar surface area (TPSA) is 96.3 Å². The van der Waals surface area contributed by atoms with Gasteiger partial charge in [-0.05, 0) is 18.4 Å². The van der Waals surface area contributed by atoms with Crippen LogP contribution in [0.25, 0.3) is 0 Å². The number of hydrogen-bond donors (Lipinski definition) is 5. The average Bonchev–Trinajstić information content (AvgIpc) is 2.13. The van der Waals surface area contributed by atoms with Crippen molar-refractivity contribution in [2.75, 3.05) is 13.2 Å². The minimum atomic E-state index is -0.833. The number of nitrogens with two attached hydrogens (primary N) is 2. The Hall–Kier alpha value is -1.30. The molecule has 0 fully saturated rings. The van der Waals surface area contributed by atoms with Gasteiger partial charge in [-0.25, -0.2) is 0 Å². The molecule has 0 heterocycles. The molecular weight excluding hydrogens is 180 g/mol. The van der Waals surface area contributed by atoms with Crippen molar-refractivity contribution in [3.63, 3.8) is 0 Å². The molecule has 0 aliphatic heterocycles. The zero-order valence-electron chi connectivity index (χ0n) is 8.11. The van der Waals surface area contributed by atoms with Crippen LogP contribution in [-0.2, 0) is 0 Å². The lowest BCUT2D eigenvalue weighted by Gasteiger charge is -2.08. The smallest absolute Gasteiger partial charge is 0.115 e. The average molecular weight is 198 g/mol. The lowest BCUT2D eigenvalue weighted by atomic mass is 10.4. The highest BCUT2D eigenvalue weighted by Crippen LogP contribution is 1.85. The van der Waals surface area contributed by atoms with Crippen LogP contribution in [0.5, 0.6) is 0 Å². The van der Waals surface area contributed by atoms with Crippen molar-refractivity contribution in [1.29, 1.82) is 0 Å². The van der Waals surface area contributed by atoms with Crippen LogP contribution in [0, 0.1) is 0 Å². The maximum absolute atomic E-state index is 8.72. The van der Waals surface area contributed by atoms with E-state index in [0.717, 1.165) is 5.70 Å². The molecule has 0 rings (SSSR count). The van der Waals surface area contributed by atoms with E-state index in [1.165, 1.54) is 6.20 Å². The van der Waals surface area contributed by atoms with E-state index >= 15 is 0 Å². The van der Waals surface area contributed by atoms with E-state index in [2.05, 4.69) is 17.2 Å². The minimum absolute atomic E-state index is 0.340. The summed E-state index contributed by atoms with van der Waals surface area (Å²) in [6.45, 7) is 4.58. The second-order valence-electron chi connectivity index (χ2n) is 2.64. The summed E-state index contributed by atoms with van der Waals surface area (Å²) in [5.41, 5.74) is 11.0. The summed E-state index contributed by atoms with van der Waals surface area (Å²) in [7, 11) is 0. The molecule has 0 aromatic carbocycles. The quantitative estimate of drug-likeness (QED) is 0.204. The standard InChI is InChI=1S/C9H18N4O/c1-8(4-2-3-5-10)13-7-12-6-9(11)14/h2-5,9,12-14H,1,6-7,10-11H2/b4-2-,5-3-. The first-order chi connectivity index (χ1) is 6.66. The second kappa shape index (κ2) is 8.31. The molecule has 0 aromatic rings. The zero-order valence-corrected chi connectivity index (χ0v) is 8.11. The van der Waals surface area contributed by atoms with Gasteiger partial charge < -0.3 is 21.9 Å². The van der Waals surface area contributed by atoms with Crippen molar-refractivity contribution in [2.24, 2.45) is 11.5 Å². The van der Waals surface area contributed by atoms with E-state index in [1.54, 1.807) is 18.2 Å². The van der Waals surface area contributed by atoms with Crippen molar-refractivity contribution in [2.45, 2.75) is 6.23 Å². The fourth-order valence-electron chi connectivity index (χ4n) is 0.691. The van der Waals surface area contributed by atoms with E-state index < -0.39 is 6.23 Å². The van der Waals surface area contributed by atoms with E-state index in [4.69, 9.17) is 16.6 Å². The monoisotopic (exact) mass is 198 g/mol. The molecular formula is C9H18N4O. The van der Waals surface area contributed by atoms with Gasteiger partial charge >= 0.3 is 0 Å². The predicted molar refractivity (Wildman–Crippen MR) is 57.8 cm³/mol. The Morgan fingerprint density at radius 2 is 2.21 bits per heavy atom. The van der Waals surface area contributed by atoms with E-state index in [1.807, 2.05) is 0 Å². The largest absolute Gasteiger partial charge is 0.405 e. The molecule has 0 saturated carbocycles. The van der Waals surface area contributed by atoms with Gasteiger partial charge in [0.2, 0.25) is 0 Å². The van der Waals surface area contributed by atoms with Crippen molar-refractivity contribution in [1.82, 2.24) is 10.6 Å². The van der Waals surface area contributed by atoms with Gasteiger partial charge in [0.25, 0.3) is 0 Å². The van der Waals surface area contributed by atoms with Gasteiger partial charge in [-0.3, -0.25) is 5.32 Å². The first-order valence-electron chi connectivity index (χ1n) is 4.29. The molecule has 0 aliphatic rings. The summed E-state index contributed by atoms with van der Waals surface area (Å²) in [5, 5.41) is 14.6. The van der Waals surface area contributed by atoms with Crippen molar-refractivity contribution >= 4 is 0 Å². The van der Waals surface area contributed by atoms with Crippen LogP contribution in [0.15, 0.2) is 36.7 Å². The van der Waals surface area contributed by atoms with Gasteiger partial charge in [-0.2, -0.15) is 0 Å². The lowest BCUT2D eigenvalue weighted by molar-refractivity contribution is 0.179. The molecule has 0 amide bonds. The van der Waals surface area contributed by atoms with Crippen LogP contribution in [0.1, 0.15) is 0 Å². The van der Waals surface area contributed by atoms with E-state index in [-0.39, 0.29) is 0 Å². The van der Waals surface area contributed by atoms with Gasteiger partial charge in [0.05, 0.1) is 6.67 Å². The van der Waals surface area contributed by atoms with Crippen molar-refractivity contribution < 1.29 is 5.11 Å². The normalized spacial score (nSPS) is 13.6. The maximum Gasteiger partial charge on any atom is 0.115 e. The molecule has 1 unspecified atom stereocenters. The van der Waals surface area contributed by atoms with Crippen LogP contribution >= 0.6 is 0 Å². The van der Waals surface area contributed by atoms with Crippen LogP contribution in [0.3, 0.4) is 0 Å². The second-order valence-corrected chi connectivity index (χ2v) is 2.64.